The Morgan fingerprint density at radius 2 is 1.96 bits per heavy atom. The van der Waals surface area contributed by atoms with Gasteiger partial charge >= 0.3 is 0 Å². The molecule has 0 N–H and O–H groups in total. The van der Waals surface area contributed by atoms with E-state index in [-0.39, 0.29) is 12.5 Å². The highest BCUT2D eigenvalue weighted by molar-refractivity contribution is 5.77. The number of aromatic nitrogens is 1. The quantitative estimate of drug-likeness (QED) is 0.823. The molecule has 0 unspecified atom stereocenters. The van der Waals surface area contributed by atoms with Crippen molar-refractivity contribution >= 4 is 5.91 Å². The molecule has 1 aromatic heterocycles. The number of benzene rings is 1. The number of ether oxygens (including phenoxy) is 1. The van der Waals surface area contributed by atoms with Crippen LogP contribution in [-0.4, -0.2) is 53.6 Å². The lowest BCUT2D eigenvalue weighted by Gasteiger charge is -2.22. The second-order valence-corrected chi connectivity index (χ2v) is 6.87. The van der Waals surface area contributed by atoms with E-state index in [4.69, 9.17) is 9.26 Å². The Morgan fingerprint density at radius 3 is 2.69 bits per heavy atom. The Morgan fingerprint density at radius 1 is 1.15 bits per heavy atom. The highest BCUT2D eigenvalue weighted by Gasteiger charge is 2.21. The third-order valence-corrected chi connectivity index (χ3v) is 4.95. The molecule has 26 heavy (non-hydrogen) atoms. The van der Waals surface area contributed by atoms with Crippen molar-refractivity contribution in [3.63, 3.8) is 0 Å². The van der Waals surface area contributed by atoms with Gasteiger partial charge in [-0.1, -0.05) is 23.4 Å². The molecule has 6 nitrogen and oxygen atoms in total. The Balaban J connectivity index is 1.51. The third-order valence-electron chi connectivity index (χ3n) is 4.95. The van der Waals surface area contributed by atoms with E-state index in [1.165, 1.54) is 0 Å². The lowest BCUT2D eigenvalue weighted by Crippen LogP contribution is -2.38. The summed E-state index contributed by atoms with van der Waals surface area (Å²) in [7, 11) is 0. The smallest absolute Gasteiger partial charge is 0.260 e. The van der Waals surface area contributed by atoms with Crippen molar-refractivity contribution in [2.24, 2.45) is 0 Å². The summed E-state index contributed by atoms with van der Waals surface area (Å²) in [5.41, 5.74) is 3.15. The fourth-order valence-corrected chi connectivity index (χ4v) is 3.28. The number of hydrogen-bond acceptors (Lipinski definition) is 5. The zero-order valence-electron chi connectivity index (χ0n) is 15.8. The normalized spacial score (nSPS) is 15.7. The van der Waals surface area contributed by atoms with Crippen molar-refractivity contribution in [1.29, 1.82) is 0 Å². The standard InChI is InChI=1S/C20H27N3O3/c1-15-7-4-5-8-19(15)25-14-20(24)23-10-6-9-22(11-12-23)13-18-16(2)21-26-17(18)3/h4-5,7-8H,6,9-14H2,1-3H3. The van der Waals surface area contributed by atoms with Gasteiger partial charge in [0.15, 0.2) is 6.61 Å². The number of rotatable bonds is 5. The number of amides is 1. The van der Waals surface area contributed by atoms with Crippen molar-refractivity contribution < 1.29 is 14.1 Å². The first kappa shape index (κ1) is 18.5. The second kappa shape index (κ2) is 8.36. The maximum absolute atomic E-state index is 12.5. The fraction of sp³-hybridized carbons (Fsp3) is 0.500. The maximum atomic E-state index is 12.5. The third kappa shape index (κ3) is 4.43. The lowest BCUT2D eigenvalue weighted by atomic mass is 10.2. The van der Waals surface area contributed by atoms with E-state index in [0.717, 1.165) is 67.5 Å². The predicted octanol–water partition coefficient (Wildman–Crippen LogP) is 2.71. The van der Waals surface area contributed by atoms with E-state index in [9.17, 15) is 4.79 Å². The van der Waals surface area contributed by atoms with Crippen LogP contribution in [0.2, 0.25) is 0 Å². The molecular formula is C20H27N3O3. The van der Waals surface area contributed by atoms with E-state index >= 15 is 0 Å². The van der Waals surface area contributed by atoms with E-state index < -0.39 is 0 Å². The monoisotopic (exact) mass is 357 g/mol. The summed E-state index contributed by atoms with van der Waals surface area (Å²) in [6, 6.07) is 7.77. The Bertz CT molecular complexity index is 737. The zero-order chi connectivity index (χ0) is 18.5. The van der Waals surface area contributed by atoms with Gasteiger partial charge in [-0.05, 0) is 38.8 Å². The average Bonchev–Trinajstić information content (AvgIpc) is 2.83. The molecule has 0 bridgehead atoms. The highest BCUT2D eigenvalue weighted by Crippen LogP contribution is 2.18. The summed E-state index contributed by atoms with van der Waals surface area (Å²) in [4.78, 5) is 16.8. The molecule has 1 saturated heterocycles. The highest BCUT2D eigenvalue weighted by atomic mass is 16.5. The lowest BCUT2D eigenvalue weighted by molar-refractivity contribution is -0.133. The van der Waals surface area contributed by atoms with Crippen LogP contribution in [0.5, 0.6) is 5.75 Å². The molecule has 0 atom stereocenters. The van der Waals surface area contributed by atoms with Crippen LogP contribution in [0.3, 0.4) is 0 Å². The Kier molecular flexibility index (Phi) is 5.93. The topological polar surface area (TPSA) is 58.8 Å². The first-order chi connectivity index (χ1) is 12.5. The van der Waals surface area contributed by atoms with E-state index in [2.05, 4.69) is 10.1 Å². The van der Waals surface area contributed by atoms with E-state index in [1.54, 1.807) is 0 Å². The minimum Gasteiger partial charge on any atom is -0.484 e. The van der Waals surface area contributed by atoms with E-state index in [0.29, 0.717) is 0 Å². The van der Waals surface area contributed by atoms with Gasteiger partial charge in [0.25, 0.3) is 5.91 Å². The number of carbonyl (C=O) groups is 1. The molecule has 0 radical (unpaired) electrons. The molecule has 1 aromatic carbocycles. The fourth-order valence-electron chi connectivity index (χ4n) is 3.28. The molecular weight excluding hydrogens is 330 g/mol. The zero-order valence-corrected chi connectivity index (χ0v) is 15.8. The number of carbonyl (C=O) groups excluding carboxylic acids is 1. The van der Waals surface area contributed by atoms with Crippen LogP contribution in [-0.2, 0) is 11.3 Å². The molecule has 3 rings (SSSR count). The van der Waals surface area contributed by atoms with Crippen molar-refractivity contribution in [3.05, 3.63) is 46.8 Å². The predicted molar refractivity (Wildman–Crippen MR) is 99.1 cm³/mol. The summed E-state index contributed by atoms with van der Waals surface area (Å²) in [6.45, 7) is 10.1. The van der Waals surface area contributed by atoms with Gasteiger partial charge in [-0.2, -0.15) is 0 Å². The molecule has 2 heterocycles. The molecule has 0 spiro atoms. The molecule has 1 aliphatic heterocycles. The number of para-hydroxylation sites is 1. The average molecular weight is 357 g/mol. The SMILES string of the molecule is Cc1ccccc1OCC(=O)N1CCCN(Cc2c(C)noc2C)CC1. The molecule has 0 saturated carbocycles. The summed E-state index contributed by atoms with van der Waals surface area (Å²) < 4.78 is 11.0. The van der Waals surface area contributed by atoms with Crippen molar-refractivity contribution in [2.45, 2.75) is 33.7 Å². The number of hydrogen-bond donors (Lipinski definition) is 0. The molecule has 140 valence electrons. The van der Waals surface area contributed by atoms with Gasteiger partial charge in [-0.3, -0.25) is 9.69 Å². The first-order valence-electron chi connectivity index (χ1n) is 9.15. The van der Waals surface area contributed by atoms with Crippen LogP contribution in [0.25, 0.3) is 0 Å². The summed E-state index contributed by atoms with van der Waals surface area (Å²) in [5, 5.41) is 4.03. The molecule has 2 aromatic rings. The summed E-state index contributed by atoms with van der Waals surface area (Å²) in [6.07, 6.45) is 0.958. The minimum absolute atomic E-state index is 0.0486. The van der Waals surface area contributed by atoms with Crippen LogP contribution in [0, 0.1) is 20.8 Å². The second-order valence-electron chi connectivity index (χ2n) is 6.87. The van der Waals surface area contributed by atoms with Crippen LogP contribution in [0.1, 0.15) is 29.0 Å². The number of nitrogens with zero attached hydrogens (tertiary/aromatic N) is 3. The Labute approximate surface area is 154 Å². The van der Waals surface area contributed by atoms with Crippen LogP contribution < -0.4 is 4.74 Å². The minimum atomic E-state index is 0.0486. The maximum Gasteiger partial charge on any atom is 0.260 e. The van der Waals surface area contributed by atoms with Gasteiger partial charge < -0.3 is 14.2 Å². The molecule has 1 fully saturated rings. The molecule has 1 aliphatic rings. The summed E-state index contributed by atoms with van der Waals surface area (Å²) in [5.74, 6) is 1.70. The molecule has 0 aliphatic carbocycles. The largest absolute Gasteiger partial charge is 0.484 e. The van der Waals surface area contributed by atoms with Crippen LogP contribution in [0.15, 0.2) is 28.8 Å². The van der Waals surface area contributed by atoms with E-state index in [1.807, 2.05) is 49.9 Å². The van der Waals surface area contributed by atoms with Crippen LogP contribution >= 0.6 is 0 Å². The van der Waals surface area contributed by atoms with Crippen molar-refractivity contribution in [1.82, 2.24) is 15.0 Å². The summed E-state index contributed by atoms with van der Waals surface area (Å²) >= 11 is 0. The van der Waals surface area contributed by atoms with Gasteiger partial charge in [-0.25, -0.2) is 0 Å². The van der Waals surface area contributed by atoms with Gasteiger partial charge in [0.2, 0.25) is 0 Å². The first-order valence-corrected chi connectivity index (χ1v) is 9.15. The van der Waals surface area contributed by atoms with Gasteiger partial charge in [0, 0.05) is 38.3 Å². The molecule has 1 amide bonds. The van der Waals surface area contributed by atoms with Crippen molar-refractivity contribution in [3.8, 4) is 5.75 Å². The Hall–Kier alpha value is -2.34. The number of aryl methyl sites for hydroxylation is 3. The molecule has 6 heteroatoms. The van der Waals surface area contributed by atoms with Gasteiger partial charge in [0.05, 0.1) is 5.69 Å². The van der Waals surface area contributed by atoms with Crippen molar-refractivity contribution in [2.75, 3.05) is 32.8 Å². The van der Waals surface area contributed by atoms with Crippen LogP contribution in [0.4, 0.5) is 0 Å². The van der Waals surface area contributed by atoms with Gasteiger partial charge in [-0.15, -0.1) is 0 Å². The van der Waals surface area contributed by atoms with Gasteiger partial charge in [0.1, 0.15) is 11.5 Å².